The zero-order chi connectivity index (χ0) is 16.4. The molecule has 2 aromatic rings. The molecule has 1 N–H and O–H groups in total. The van der Waals surface area contributed by atoms with Gasteiger partial charge in [-0.25, -0.2) is 0 Å². The highest BCUT2D eigenvalue weighted by Crippen LogP contribution is 2.20. The van der Waals surface area contributed by atoms with Crippen molar-refractivity contribution in [2.45, 2.75) is 58.0 Å². The van der Waals surface area contributed by atoms with Gasteiger partial charge in [0.05, 0.1) is 6.20 Å². The fourth-order valence-electron chi connectivity index (χ4n) is 3.05. The zero-order valence-corrected chi connectivity index (χ0v) is 14.0. The van der Waals surface area contributed by atoms with Crippen molar-refractivity contribution in [3.63, 3.8) is 0 Å². The Kier molecular flexibility index (Phi) is 4.45. The van der Waals surface area contributed by atoms with Crippen LogP contribution in [-0.4, -0.2) is 36.5 Å². The number of nitrogens with one attached hydrogen (secondary N) is 1. The number of fused-ring (bicyclic) bond motifs is 1. The van der Waals surface area contributed by atoms with Gasteiger partial charge in [-0.15, -0.1) is 10.2 Å². The Labute approximate surface area is 136 Å². The van der Waals surface area contributed by atoms with E-state index in [1.807, 2.05) is 19.4 Å². The highest BCUT2D eigenvalue weighted by atomic mass is 16.1. The molecule has 0 saturated heterocycles. The Bertz CT molecular complexity index is 687. The second-order valence-corrected chi connectivity index (χ2v) is 6.57. The lowest BCUT2D eigenvalue weighted by Crippen LogP contribution is -2.41. The van der Waals surface area contributed by atoms with Crippen molar-refractivity contribution in [3.05, 3.63) is 29.6 Å². The first-order valence-electron chi connectivity index (χ1n) is 8.21. The van der Waals surface area contributed by atoms with Gasteiger partial charge in [-0.05, 0) is 18.4 Å². The molecular formula is C16H24N6O. The van der Waals surface area contributed by atoms with E-state index < -0.39 is 0 Å². The Hall–Kier alpha value is -2.18. The second-order valence-electron chi connectivity index (χ2n) is 6.57. The van der Waals surface area contributed by atoms with Gasteiger partial charge in [0.15, 0.2) is 0 Å². The van der Waals surface area contributed by atoms with E-state index in [2.05, 4.69) is 39.0 Å². The third-order valence-electron chi connectivity index (χ3n) is 4.26. The Morgan fingerprint density at radius 1 is 1.43 bits per heavy atom. The summed E-state index contributed by atoms with van der Waals surface area (Å²) in [6, 6.07) is 0.164. The van der Waals surface area contributed by atoms with Crippen LogP contribution in [0.4, 0.5) is 0 Å². The quantitative estimate of drug-likeness (QED) is 0.899. The van der Waals surface area contributed by atoms with Crippen LogP contribution in [-0.2, 0) is 31.2 Å². The Morgan fingerprint density at radius 3 is 2.96 bits per heavy atom. The maximum atomic E-state index is 12.2. The molecule has 0 fully saturated rings. The van der Waals surface area contributed by atoms with Crippen LogP contribution in [0.1, 0.15) is 49.8 Å². The van der Waals surface area contributed by atoms with Gasteiger partial charge < -0.3 is 9.88 Å². The summed E-state index contributed by atoms with van der Waals surface area (Å²) in [5, 5.41) is 15.8. The maximum Gasteiger partial charge on any atom is 0.220 e. The van der Waals surface area contributed by atoms with Crippen molar-refractivity contribution in [2.24, 2.45) is 7.05 Å². The fraction of sp³-hybridized carbons (Fsp3) is 0.625. The number of amides is 1. The summed E-state index contributed by atoms with van der Waals surface area (Å²) in [6.45, 7) is 5.01. The van der Waals surface area contributed by atoms with E-state index in [0.29, 0.717) is 12.3 Å². The monoisotopic (exact) mass is 316 g/mol. The molecular weight excluding hydrogens is 292 g/mol. The summed E-state index contributed by atoms with van der Waals surface area (Å²) < 4.78 is 3.93. The summed E-state index contributed by atoms with van der Waals surface area (Å²) in [5.74, 6) is 2.49. The number of carbonyl (C=O) groups excluding carboxylic acids is 1. The van der Waals surface area contributed by atoms with E-state index in [9.17, 15) is 4.79 Å². The minimum absolute atomic E-state index is 0.0986. The molecule has 0 spiro atoms. The molecule has 1 aliphatic heterocycles. The highest BCUT2D eigenvalue weighted by Gasteiger charge is 2.24. The molecule has 0 saturated carbocycles. The van der Waals surface area contributed by atoms with Crippen molar-refractivity contribution in [1.29, 1.82) is 0 Å². The highest BCUT2D eigenvalue weighted by molar-refractivity contribution is 5.76. The van der Waals surface area contributed by atoms with Crippen LogP contribution in [0.5, 0.6) is 0 Å². The van der Waals surface area contributed by atoms with Crippen LogP contribution in [0.2, 0.25) is 0 Å². The van der Waals surface area contributed by atoms with E-state index >= 15 is 0 Å². The molecule has 3 heterocycles. The van der Waals surface area contributed by atoms with Crippen molar-refractivity contribution in [2.75, 3.05) is 0 Å². The summed E-state index contributed by atoms with van der Waals surface area (Å²) in [7, 11) is 1.88. The van der Waals surface area contributed by atoms with Crippen LogP contribution < -0.4 is 5.32 Å². The predicted octanol–water partition coefficient (Wildman–Crippen LogP) is 1.20. The Balaban J connectivity index is 1.54. The van der Waals surface area contributed by atoms with Crippen molar-refractivity contribution in [3.8, 4) is 0 Å². The van der Waals surface area contributed by atoms with Gasteiger partial charge in [-0.2, -0.15) is 5.10 Å². The molecule has 0 radical (unpaired) electrons. The zero-order valence-electron chi connectivity index (χ0n) is 14.0. The molecule has 23 heavy (non-hydrogen) atoms. The van der Waals surface area contributed by atoms with Crippen LogP contribution >= 0.6 is 0 Å². The summed E-state index contributed by atoms with van der Waals surface area (Å²) in [4.78, 5) is 12.2. The van der Waals surface area contributed by atoms with Crippen LogP contribution in [0.15, 0.2) is 12.4 Å². The molecule has 0 aliphatic carbocycles. The lowest BCUT2D eigenvalue weighted by molar-refractivity contribution is -0.122. The Morgan fingerprint density at radius 2 is 2.26 bits per heavy atom. The van der Waals surface area contributed by atoms with Crippen molar-refractivity contribution >= 4 is 5.91 Å². The average Bonchev–Trinajstić information content (AvgIpc) is 3.11. The van der Waals surface area contributed by atoms with Crippen molar-refractivity contribution < 1.29 is 4.79 Å². The molecule has 1 aliphatic rings. The van der Waals surface area contributed by atoms with E-state index in [0.717, 1.165) is 43.0 Å². The number of hydrogen-bond acceptors (Lipinski definition) is 4. The molecule has 0 bridgehead atoms. The van der Waals surface area contributed by atoms with Gasteiger partial charge in [0.2, 0.25) is 5.91 Å². The number of nitrogens with zero attached hydrogens (tertiary/aromatic N) is 5. The minimum Gasteiger partial charge on any atom is -0.352 e. The molecule has 0 unspecified atom stereocenters. The molecule has 2 aromatic heterocycles. The first-order valence-corrected chi connectivity index (χ1v) is 8.21. The van der Waals surface area contributed by atoms with Gasteiger partial charge in [-0.3, -0.25) is 9.48 Å². The molecule has 1 amide bonds. The topological polar surface area (TPSA) is 77.6 Å². The molecule has 3 rings (SSSR count). The fourth-order valence-corrected chi connectivity index (χ4v) is 3.05. The number of aryl methyl sites for hydroxylation is 3. The SMILES string of the molecule is CC(C)c1nnc2n1C[C@H](NC(=O)CCc1cnn(C)c1)CC2. The first-order chi connectivity index (χ1) is 11.0. The number of hydrogen-bond donors (Lipinski definition) is 1. The minimum atomic E-state index is 0.0986. The second kappa shape index (κ2) is 6.52. The summed E-state index contributed by atoms with van der Waals surface area (Å²) in [5.41, 5.74) is 1.09. The number of aromatic nitrogens is 5. The third kappa shape index (κ3) is 3.60. The van der Waals surface area contributed by atoms with Crippen LogP contribution in [0, 0.1) is 0 Å². The lowest BCUT2D eigenvalue weighted by Gasteiger charge is -2.26. The van der Waals surface area contributed by atoms with E-state index in [1.54, 1.807) is 4.68 Å². The molecule has 1 atom stereocenters. The smallest absolute Gasteiger partial charge is 0.220 e. The number of carbonyl (C=O) groups is 1. The molecule has 0 aromatic carbocycles. The van der Waals surface area contributed by atoms with E-state index in [4.69, 9.17) is 0 Å². The van der Waals surface area contributed by atoms with Gasteiger partial charge in [0.1, 0.15) is 11.6 Å². The summed E-state index contributed by atoms with van der Waals surface area (Å²) in [6.07, 6.45) is 6.77. The van der Waals surface area contributed by atoms with Crippen molar-refractivity contribution in [1.82, 2.24) is 29.9 Å². The third-order valence-corrected chi connectivity index (χ3v) is 4.26. The molecule has 7 nitrogen and oxygen atoms in total. The largest absolute Gasteiger partial charge is 0.352 e. The molecule has 124 valence electrons. The lowest BCUT2D eigenvalue weighted by atomic mass is 10.1. The average molecular weight is 316 g/mol. The predicted molar refractivity (Wildman–Crippen MR) is 85.9 cm³/mol. The van der Waals surface area contributed by atoms with Gasteiger partial charge in [-0.1, -0.05) is 13.8 Å². The molecule has 7 heteroatoms. The summed E-state index contributed by atoms with van der Waals surface area (Å²) >= 11 is 0. The standard InChI is InChI=1S/C16H24N6O/c1-11(2)16-20-19-14-6-5-13(10-22(14)16)18-15(23)7-4-12-8-17-21(3)9-12/h8-9,11,13H,4-7,10H2,1-3H3,(H,18,23)/t13-/m1/s1. The van der Waals surface area contributed by atoms with Gasteiger partial charge in [0.25, 0.3) is 0 Å². The van der Waals surface area contributed by atoms with E-state index in [-0.39, 0.29) is 11.9 Å². The normalized spacial score (nSPS) is 17.3. The van der Waals surface area contributed by atoms with Crippen LogP contribution in [0.25, 0.3) is 0 Å². The van der Waals surface area contributed by atoms with Gasteiger partial charge >= 0.3 is 0 Å². The van der Waals surface area contributed by atoms with E-state index in [1.165, 1.54) is 0 Å². The van der Waals surface area contributed by atoms with Crippen LogP contribution in [0.3, 0.4) is 0 Å². The van der Waals surface area contributed by atoms with Gasteiger partial charge in [0, 0.05) is 44.6 Å². The number of rotatable bonds is 5. The maximum absolute atomic E-state index is 12.2. The first kappa shape index (κ1) is 15.7.